The zero-order valence-electron chi connectivity index (χ0n) is 17.3. The summed E-state index contributed by atoms with van der Waals surface area (Å²) in [6.45, 7) is 4.51. The Morgan fingerprint density at radius 3 is 2.59 bits per heavy atom. The highest BCUT2D eigenvalue weighted by Gasteiger charge is 2.40. The van der Waals surface area contributed by atoms with Crippen LogP contribution in [0.2, 0.25) is 0 Å². The second-order valence-corrected chi connectivity index (χ2v) is 9.68. The van der Waals surface area contributed by atoms with Crippen LogP contribution >= 0.6 is 35.7 Å². The van der Waals surface area contributed by atoms with Crippen LogP contribution < -0.4 is 10.6 Å². The van der Waals surface area contributed by atoms with Crippen molar-refractivity contribution < 1.29 is 5.11 Å². The summed E-state index contributed by atoms with van der Waals surface area (Å²) in [5.74, 6) is 2.71. The fourth-order valence-electron chi connectivity index (χ4n) is 4.91. The van der Waals surface area contributed by atoms with E-state index in [4.69, 9.17) is 4.99 Å². The van der Waals surface area contributed by atoms with Gasteiger partial charge in [0.15, 0.2) is 5.96 Å². The summed E-state index contributed by atoms with van der Waals surface area (Å²) in [6, 6.07) is 12.6. The highest BCUT2D eigenvalue weighted by Crippen LogP contribution is 2.37. The van der Waals surface area contributed by atoms with Gasteiger partial charge < -0.3 is 15.7 Å². The molecule has 5 nitrogen and oxygen atoms in total. The van der Waals surface area contributed by atoms with Crippen molar-refractivity contribution in [1.29, 1.82) is 0 Å². The summed E-state index contributed by atoms with van der Waals surface area (Å²) in [5.41, 5.74) is 0.800. The van der Waals surface area contributed by atoms with Crippen LogP contribution in [0.25, 0.3) is 0 Å². The lowest BCUT2D eigenvalue weighted by molar-refractivity contribution is 0.0776. The molecule has 3 saturated heterocycles. The van der Waals surface area contributed by atoms with Gasteiger partial charge in [-0.15, -0.1) is 24.0 Å². The van der Waals surface area contributed by atoms with Gasteiger partial charge in [-0.05, 0) is 50.3 Å². The number of hydrogen-bond donors (Lipinski definition) is 3. The van der Waals surface area contributed by atoms with Gasteiger partial charge in [0.25, 0.3) is 0 Å². The molecule has 4 rings (SSSR count). The van der Waals surface area contributed by atoms with Crippen molar-refractivity contribution in [2.75, 3.05) is 24.6 Å². The molecule has 7 heteroatoms. The third-order valence-electron chi connectivity index (χ3n) is 6.39. The quantitative estimate of drug-likeness (QED) is 0.300. The Balaban J connectivity index is 0.00000240. The first-order valence-electron chi connectivity index (χ1n) is 10.8. The van der Waals surface area contributed by atoms with Crippen LogP contribution in [0.15, 0.2) is 35.3 Å². The summed E-state index contributed by atoms with van der Waals surface area (Å²) in [7, 11) is 0. The van der Waals surface area contributed by atoms with E-state index in [-0.39, 0.29) is 24.0 Å². The van der Waals surface area contributed by atoms with Crippen molar-refractivity contribution in [3.8, 4) is 0 Å². The summed E-state index contributed by atoms with van der Waals surface area (Å²) in [5, 5.41) is 17.7. The molecule has 0 aromatic heterocycles. The van der Waals surface area contributed by atoms with Crippen molar-refractivity contribution in [3.05, 3.63) is 35.9 Å². The normalized spacial score (nSPS) is 32.1. The fourth-order valence-corrected chi connectivity index (χ4v) is 6.19. The Bertz CT molecular complexity index is 654. The topological polar surface area (TPSA) is 59.9 Å². The molecule has 0 aliphatic carbocycles. The highest BCUT2D eigenvalue weighted by atomic mass is 127. The lowest BCUT2D eigenvalue weighted by Gasteiger charge is -2.39. The molecule has 3 N–H and O–H groups in total. The number of rotatable bonds is 6. The Morgan fingerprint density at radius 1 is 1.24 bits per heavy atom. The second kappa shape index (κ2) is 10.7. The first-order chi connectivity index (χ1) is 13.6. The van der Waals surface area contributed by atoms with Gasteiger partial charge in [-0.2, -0.15) is 11.8 Å². The zero-order chi connectivity index (χ0) is 19.4. The van der Waals surface area contributed by atoms with Crippen LogP contribution in [0.5, 0.6) is 0 Å². The van der Waals surface area contributed by atoms with E-state index in [2.05, 4.69) is 52.8 Å². The number of piperidine rings is 1. The molecule has 29 heavy (non-hydrogen) atoms. The minimum absolute atomic E-state index is 0. The maximum absolute atomic E-state index is 10.6. The van der Waals surface area contributed by atoms with Gasteiger partial charge in [0.05, 0.1) is 12.1 Å². The van der Waals surface area contributed by atoms with Crippen LogP contribution in [0.3, 0.4) is 0 Å². The van der Waals surface area contributed by atoms with E-state index in [0.29, 0.717) is 24.7 Å². The number of thioether (sulfide) groups is 1. The van der Waals surface area contributed by atoms with Crippen LogP contribution in [0.4, 0.5) is 0 Å². The molecule has 0 radical (unpaired) electrons. The number of nitrogens with zero attached hydrogens (tertiary/aromatic N) is 2. The number of aliphatic hydroxyl groups is 1. The van der Waals surface area contributed by atoms with E-state index < -0.39 is 5.60 Å². The number of hydrogen-bond acceptors (Lipinski definition) is 4. The van der Waals surface area contributed by atoms with E-state index in [9.17, 15) is 5.11 Å². The average molecular weight is 531 g/mol. The van der Waals surface area contributed by atoms with Crippen LogP contribution in [0.1, 0.15) is 44.6 Å². The molecule has 162 valence electrons. The van der Waals surface area contributed by atoms with Gasteiger partial charge in [0.2, 0.25) is 0 Å². The summed E-state index contributed by atoms with van der Waals surface area (Å²) >= 11 is 1.83. The molecule has 3 heterocycles. The zero-order valence-corrected chi connectivity index (χ0v) is 20.5. The molecule has 0 spiro atoms. The number of fused-ring (bicyclic) bond motifs is 2. The molecule has 2 bridgehead atoms. The predicted molar refractivity (Wildman–Crippen MR) is 133 cm³/mol. The molecule has 0 amide bonds. The fraction of sp³-hybridized carbons (Fsp3) is 0.682. The number of nitrogens with one attached hydrogen (secondary N) is 2. The SMILES string of the molecule is CCNC(=NCC1(O)CCSC1)NC1CC2CCC(C1)N2Cc1ccccc1.I. The second-order valence-electron chi connectivity index (χ2n) is 8.58. The van der Waals surface area contributed by atoms with Crippen molar-refractivity contribution in [2.24, 2.45) is 4.99 Å². The monoisotopic (exact) mass is 530 g/mol. The summed E-state index contributed by atoms with van der Waals surface area (Å²) in [4.78, 5) is 7.45. The first kappa shape index (κ1) is 23.2. The molecule has 3 aliphatic rings. The largest absolute Gasteiger partial charge is 0.387 e. The van der Waals surface area contributed by atoms with E-state index in [0.717, 1.165) is 37.0 Å². The first-order valence-corrected chi connectivity index (χ1v) is 12.0. The van der Waals surface area contributed by atoms with Gasteiger partial charge in [0.1, 0.15) is 0 Å². The van der Waals surface area contributed by atoms with Gasteiger partial charge >= 0.3 is 0 Å². The Kier molecular flexibility index (Phi) is 8.53. The molecule has 0 saturated carbocycles. The van der Waals surface area contributed by atoms with Gasteiger partial charge in [-0.3, -0.25) is 9.89 Å². The summed E-state index contributed by atoms with van der Waals surface area (Å²) < 4.78 is 0. The molecule has 3 aliphatic heterocycles. The number of halogens is 1. The maximum atomic E-state index is 10.6. The third kappa shape index (κ3) is 6.02. The lowest BCUT2D eigenvalue weighted by atomic mass is 9.96. The molecule has 1 aromatic carbocycles. The number of aliphatic imine (C=N–C) groups is 1. The van der Waals surface area contributed by atoms with Crippen molar-refractivity contribution in [2.45, 2.75) is 69.3 Å². The van der Waals surface area contributed by atoms with Crippen LogP contribution in [0, 0.1) is 0 Å². The molecule has 1 aromatic rings. The van der Waals surface area contributed by atoms with E-state index in [1.54, 1.807) is 0 Å². The van der Waals surface area contributed by atoms with Gasteiger partial charge in [0, 0.05) is 37.0 Å². The minimum atomic E-state index is -0.620. The molecule has 3 atom stereocenters. The third-order valence-corrected chi connectivity index (χ3v) is 7.63. The Hall–Kier alpha value is -0.510. The van der Waals surface area contributed by atoms with Crippen LogP contribution in [-0.2, 0) is 6.54 Å². The Labute approximate surface area is 196 Å². The van der Waals surface area contributed by atoms with E-state index in [1.165, 1.54) is 31.2 Å². The molecular weight excluding hydrogens is 495 g/mol. The lowest BCUT2D eigenvalue weighted by Crippen LogP contribution is -2.52. The highest BCUT2D eigenvalue weighted by molar-refractivity contribution is 14.0. The Morgan fingerprint density at radius 2 is 1.97 bits per heavy atom. The van der Waals surface area contributed by atoms with Crippen molar-refractivity contribution in [1.82, 2.24) is 15.5 Å². The van der Waals surface area contributed by atoms with Crippen LogP contribution in [-0.4, -0.2) is 64.3 Å². The molecule has 3 unspecified atom stereocenters. The predicted octanol–water partition coefficient (Wildman–Crippen LogP) is 3.22. The van der Waals surface area contributed by atoms with Crippen molar-refractivity contribution in [3.63, 3.8) is 0 Å². The van der Waals surface area contributed by atoms with Gasteiger partial charge in [-0.1, -0.05) is 30.3 Å². The van der Waals surface area contributed by atoms with E-state index >= 15 is 0 Å². The number of guanidine groups is 1. The maximum Gasteiger partial charge on any atom is 0.191 e. The van der Waals surface area contributed by atoms with Gasteiger partial charge in [-0.25, -0.2) is 0 Å². The standard InChI is InChI=1S/C22H34N4OS.HI/c1-2-23-21(24-15-22(27)10-11-28-16-22)25-18-12-19-8-9-20(13-18)26(19)14-17-6-4-3-5-7-17;/h3-7,18-20,27H,2,8-16H2,1H3,(H2,23,24,25);1H. The molecule has 3 fully saturated rings. The van der Waals surface area contributed by atoms with E-state index in [1.807, 2.05) is 11.8 Å². The average Bonchev–Trinajstić information content (AvgIpc) is 3.22. The van der Waals surface area contributed by atoms with Crippen molar-refractivity contribution >= 4 is 41.7 Å². The molecular formula is C22H35IN4OS. The minimum Gasteiger partial charge on any atom is -0.387 e. The summed E-state index contributed by atoms with van der Waals surface area (Å²) in [6.07, 6.45) is 5.81. The number of benzene rings is 1. The smallest absolute Gasteiger partial charge is 0.191 e.